The molecule has 3 aliphatic rings. The number of nitrogens with zero attached hydrogens (tertiary/aromatic N) is 2. The average molecular weight is 413 g/mol. The van der Waals surface area contributed by atoms with E-state index in [0.29, 0.717) is 17.2 Å². The topological polar surface area (TPSA) is 96.0 Å². The standard InChI is InChI=1S/C22H27N3O5/c1-14-7-3-5-9-16(14)23-18(26)13-30-21(29)22-12-11-19(27)25(22)17-10-6-4-8-15(17)20(28)24(22)2/h4,6,8,10,14,16H,3,5,7,9,11-13H2,1-2H3,(H,23,26)/t14-,16-,22+/m0/s1. The van der Waals surface area contributed by atoms with Crippen molar-refractivity contribution in [2.45, 2.75) is 57.2 Å². The average Bonchev–Trinajstić information content (AvgIpc) is 3.10. The number of carbonyl (C=O) groups is 4. The molecule has 2 fully saturated rings. The maximum atomic E-state index is 13.2. The molecule has 1 saturated heterocycles. The van der Waals surface area contributed by atoms with Crippen LogP contribution >= 0.6 is 0 Å². The van der Waals surface area contributed by atoms with E-state index in [1.54, 1.807) is 24.3 Å². The molecule has 3 atom stereocenters. The minimum absolute atomic E-state index is 0.0819. The summed E-state index contributed by atoms with van der Waals surface area (Å²) in [6, 6.07) is 6.81. The van der Waals surface area contributed by atoms with Gasteiger partial charge in [0.2, 0.25) is 11.6 Å². The number of hydrogen-bond acceptors (Lipinski definition) is 5. The van der Waals surface area contributed by atoms with Crippen LogP contribution in [-0.4, -0.2) is 54.0 Å². The van der Waals surface area contributed by atoms with Crippen LogP contribution in [0, 0.1) is 5.92 Å². The van der Waals surface area contributed by atoms with Gasteiger partial charge in [0.05, 0.1) is 11.3 Å². The molecule has 3 amide bonds. The van der Waals surface area contributed by atoms with Crippen LogP contribution in [0.3, 0.4) is 0 Å². The van der Waals surface area contributed by atoms with Gasteiger partial charge in [-0.05, 0) is 30.9 Å². The molecule has 4 rings (SSSR count). The first-order valence-electron chi connectivity index (χ1n) is 10.5. The molecule has 2 heterocycles. The van der Waals surface area contributed by atoms with E-state index in [4.69, 9.17) is 4.74 Å². The summed E-state index contributed by atoms with van der Waals surface area (Å²) in [5, 5.41) is 2.95. The van der Waals surface area contributed by atoms with Crippen molar-refractivity contribution in [2.75, 3.05) is 18.6 Å². The highest BCUT2D eigenvalue weighted by molar-refractivity contribution is 6.15. The van der Waals surface area contributed by atoms with Crippen LogP contribution in [0.5, 0.6) is 0 Å². The lowest BCUT2D eigenvalue weighted by atomic mass is 9.86. The van der Waals surface area contributed by atoms with Crippen molar-refractivity contribution in [3.05, 3.63) is 29.8 Å². The Hall–Kier alpha value is -2.90. The number of esters is 1. The summed E-state index contributed by atoms with van der Waals surface area (Å²) in [4.78, 5) is 53.8. The van der Waals surface area contributed by atoms with E-state index in [0.717, 1.165) is 25.7 Å². The minimum Gasteiger partial charge on any atom is -0.452 e. The molecule has 30 heavy (non-hydrogen) atoms. The molecule has 8 heteroatoms. The van der Waals surface area contributed by atoms with Crippen molar-refractivity contribution in [3.63, 3.8) is 0 Å². The Morgan fingerprint density at radius 2 is 1.93 bits per heavy atom. The van der Waals surface area contributed by atoms with Crippen molar-refractivity contribution >= 4 is 29.4 Å². The molecule has 2 aliphatic heterocycles. The van der Waals surface area contributed by atoms with E-state index in [-0.39, 0.29) is 36.6 Å². The lowest BCUT2D eigenvalue weighted by molar-refractivity contribution is -0.159. The smallest absolute Gasteiger partial charge is 0.354 e. The Morgan fingerprint density at radius 1 is 1.20 bits per heavy atom. The number of para-hydroxylation sites is 1. The zero-order chi connectivity index (χ0) is 21.5. The van der Waals surface area contributed by atoms with Gasteiger partial charge in [-0.25, -0.2) is 4.79 Å². The van der Waals surface area contributed by atoms with Gasteiger partial charge in [0.1, 0.15) is 0 Å². The summed E-state index contributed by atoms with van der Waals surface area (Å²) in [5.41, 5.74) is -0.788. The van der Waals surface area contributed by atoms with E-state index >= 15 is 0 Å². The quantitative estimate of drug-likeness (QED) is 0.760. The van der Waals surface area contributed by atoms with Crippen molar-refractivity contribution in [1.82, 2.24) is 10.2 Å². The summed E-state index contributed by atoms with van der Waals surface area (Å²) >= 11 is 0. The van der Waals surface area contributed by atoms with Crippen molar-refractivity contribution in [1.29, 1.82) is 0 Å². The zero-order valence-electron chi connectivity index (χ0n) is 17.3. The van der Waals surface area contributed by atoms with Gasteiger partial charge in [0.25, 0.3) is 11.8 Å². The summed E-state index contributed by atoms with van der Waals surface area (Å²) < 4.78 is 5.37. The van der Waals surface area contributed by atoms with Gasteiger partial charge in [0, 0.05) is 25.9 Å². The predicted octanol–water partition coefficient (Wildman–Crippen LogP) is 1.83. The van der Waals surface area contributed by atoms with Crippen molar-refractivity contribution < 1.29 is 23.9 Å². The number of carbonyl (C=O) groups excluding carboxylic acids is 4. The molecule has 1 saturated carbocycles. The number of anilines is 1. The number of rotatable bonds is 4. The normalized spacial score (nSPS) is 28.1. The van der Waals surface area contributed by atoms with Crippen LogP contribution in [0.15, 0.2) is 24.3 Å². The lowest BCUT2D eigenvalue weighted by Gasteiger charge is -2.46. The van der Waals surface area contributed by atoms with Crippen LogP contribution in [0.1, 0.15) is 55.8 Å². The molecule has 1 aromatic rings. The Labute approximate surface area is 175 Å². The van der Waals surface area contributed by atoms with E-state index in [1.807, 2.05) is 0 Å². The molecular weight excluding hydrogens is 386 g/mol. The van der Waals surface area contributed by atoms with Crippen LogP contribution in [0.25, 0.3) is 0 Å². The Morgan fingerprint density at radius 3 is 2.70 bits per heavy atom. The van der Waals surface area contributed by atoms with Crippen LogP contribution in [-0.2, 0) is 19.1 Å². The maximum Gasteiger partial charge on any atom is 0.354 e. The van der Waals surface area contributed by atoms with Crippen molar-refractivity contribution in [2.24, 2.45) is 5.92 Å². The molecule has 0 spiro atoms. The van der Waals surface area contributed by atoms with E-state index in [9.17, 15) is 19.2 Å². The molecule has 8 nitrogen and oxygen atoms in total. The monoisotopic (exact) mass is 413 g/mol. The SMILES string of the molecule is C[C@H]1CCCC[C@@H]1NC(=O)COC(=O)[C@@]12CCC(=O)N1c1ccccc1C(=O)N2C. The molecule has 1 aliphatic carbocycles. The summed E-state index contributed by atoms with van der Waals surface area (Å²) in [6.07, 6.45) is 4.46. The third kappa shape index (κ3) is 3.14. The number of fused-ring (bicyclic) bond motifs is 3. The molecule has 1 aromatic carbocycles. The summed E-state index contributed by atoms with van der Waals surface area (Å²) in [6.45, 7) is 1.67. The molecular formula is C22H27N3O5. The fraction of sp³-hybridized carbons (Fsp3) is 0.545. The highest BCUT2D eigenvalue weighted by atomic mass is 16.5. The van der Waals surface area contributed by atoms with Gasteiger partial charge in [-0.1, -0.05) is 31.9 Å². The fourth-order valence-electron chi connectivity index (χ4n) is 4.92. The summed E-state index contributed by atoms with van der Waals surface area (Å²) in [7, 11) is 1.49. The number of hydrogen-bond donors (Lipinski definition) is 1. The first kappa shape index (κ1) is 20.4. The van der Waals surface area contributed by atoms with Gasteiger partial charge < -0.3 is 15.0 Å². The van der Waals surface area contributed by atoms with Gasteiger partial charge in [-0.15, -0.1) is 0 Å². The number of likely N-dealkylation sites (N-methyl/N-ethyl adjacent to an activating group) is 1. The fourth-order valence-corrected chi connectivity index (χ4v) is 4.92. The number of nitrogens with one attached hydrogen (secondary N) is 1. The van der Waals surface area contributed by atoms with E-state index in [1.165, 1.54) is 16.8 Å². The highest BCUT2D eigenvalue weighted by Gasteiger charge is 2.60. The zero-order valence-corrected chi connectivity index (χ0v) is 17.3. The molecule has 160 valence electrons. The number of amides is 3. The van der Waals surface area contributed by atoms with Crippen LogP contribution < -0.4 is 10.2 Å². The molecule has 1 N–H and O–H groups in total. The van der Waals surface area contributed by atoms with E-state index in [2.05, 4.69) is 12.2 Å². The first-order valence-corrected chi connectivity index (χ1v) is 10.5. The van der Waals surface area contributed by atoms with E-state index < -0.39 is 18.2 Å². The second kappa shape index (κ2) is 7.74. The minimum atomic E-state index is -1.55. The lowest BCUT2D eigenvalue weighted by Crippen LogP contribution is -2.67. The van der Waals surface area contributed by atoms with Crippen LogP contribution in [0.2, 0.25) is 0 Å². The second-order valence-corrected chi connectivity index (χ2v) is 8.44. The van der Waals surface area contributed by atoms with Gasteiger partial charge in [-0.3, -0.25) is 19.3 Å². The third-order valence-electron chi connectivity index (χ3n) is 6.66. The molecule has 0 radical (unpaired) electrons. The van der Waals surface area contributed by atoms with Gasteiger partial charge in [-0.2, -0.15) is 0 Å². The Kier molecular flexibility index (Phi) is 5.26. The highest BCUT2D eigenvalue weighted by Crippen LogP contribution is 2.44. The third-order valence-corrected chi connectivity index (χ3v) is 6.66. The van der Waals surface area contributed by atoms with Gasteiger partial charge in [0.15, 0.2) is 6.61 Å². The Bertz CT molecular complexity index is 901. The first-order chi connectivity index (χ1) is 14.4. The Balaban J connectivity index is 1.52. The number of ether oxygens (including phenoxy) is 1. The molecule has 0 aromatic heterocycles. The largest absolute Gasteiger partial charge is 0.452 e. The number of benzene rings is 1. The maximum absolute atomic E-state index is 13.2. The summed E-state index contributed by atoms with van der Waals surface area (Å²) in [5.74, 6) is -1.34. The van der Waals surface area contributed by atoms with Crippen LogP contribution in [0.4, 0.5) is 5.69 Å². The van der Waals surface area contributed by atoms with Gasteiger partial charge >= 0.3 is 5.97 Å². The molecule has 0 unspecified atom stereocenters. The van der Waals surface area contributed by atoms with Crippen molar-refractivity contribution in [3.8, 4) is 0 Å². The second-order valence-electron chi connectivity index (χ2n) is 8.44. The predicted molar refractivity (Wildman–Crippen MR) is 109 cm³/mol. The molecule has 0 bridgehead atoms.